The second kappa shape index (κ2) is 6.39. The third kappa shape index (κ3) is 3.11. The van der Waals surface area contributed by atoms with Crippen LogP contribution in [0.25, 0.3) is 0 Å². The average Bonchev–Trinajstić information content (AvgIpc) is 3.01. The first kappa shape index (κ1) is 14.9. The van der Waals surface area contributed by atoms with Crippen LogP contribution in [0.1, 0.15) is 63.4 Å². The van der Waals surface area contributed by atoms with Crippen molar-refractivity contribution in [1.29, 1.82) is 0 Å². The SMILES string of the molecule is O=C(NC1CCCC1)C1(c2cccc(Cl)c2)CCCCC1. The van der Waals surface area contributed by atoms with Gasteiger partial charge in [-0.1, -0.05) is 55.8 Å². The molecule has 0 aromatic heterocycles. The molecule has 114 valence electrons. The highest BCUT2D eigenvalue weighted by molar-refractivity contribution is 6.30. The molecule has 0 aliphatic heterocycles. The number of benzene rings is 1. The van der Waals surface area contributed by atoms with E-state index in [1.807, 2.05) is 18.2 Å². The van der Waals surface area contributed by atoms with Gasteiger partial charge in [0.2, 0.25) is 5.91 Å². The molecule has 2 aliphatic rings. The van der Waals surface area contributed by atoms with E-state index in [1.165, 1.54) is 19.3 Å². The molecule has 0 unspecified atom stereocenters. The van der Waals surface area contributed by atoms with E-state index in [-0.39, 0.29) is 11.3 Å². The maximum Gasteiger partial charge on any atom is 0.230 e. The Balaban J connectivity index is 1.86. The smallest absolute Gasteiger partial charge is 0.230 e. The molecule has 0 heterocycles. The van der Waals surface area contributed by atoms with Crippen molar-refractivity contribution < 1.29 is 4.79 Å². The van der Waals surface area contributed by atoms with E-state index >= 15 is 0 Å². The fourth-order valence-electron chi connectivity index (χ4n) is 3.98. The molecule has 0 radical (unpaired) electrons. The minimum absolute atomic E-state index is 0.233. The van der Waals surface area contributed by atoms with Crippen LogP contribution < -0.4 is 5.32 Å². The van der Waals surface area contributed by atoms with Crippen LogP contribution in [0, 0.1) is 0 Å². The van der Waals surface area contributed by atoms with E-state index < -0.39 is 0 Å². The predicted octanol–water partition coefficient (Wildman–Crippen LogP) is 4.60. The van der Waals surface area contributed by atoms with Crippen LogP contribution in [-0.2, 0) is 10.2 Å². The van der Waals surface area contributed by atoms with Gasteiger partial charge >= 0.3 is 0 Å². The van der Waals surface area contributed by atoms with E-state index in [4.69, 9.17) is 11.6 Å². The summed E-state index contributed by atoms with van der Waals surface area (Å²) in [5, 5.41) is 4.05. The first-order chi connectivity index (χ1) is 10.2. The van der Waals surface area contributed by atoms with Gasteiger partial charge < -0.3 is 5.32 Å². The van der Waals surface area contributed by atoms with Crippen LogP contribution in [0.2, 0.25) is 5.02 Å². The highest BCUT2D eigenvalue weighted by Crippen LogP contribution is 2.40. The summed E-state index contributed by atoms with van der Waals surface area (Å²) in [5.41, 5.74) is 0.747. The Morgan fingerprint density at radius 1 is 1.10 bits per heavy atom. The van der Waals surface area contributed by atoms with Crippen molar-refractivity contribution in [3.63, 3.8) is 0 Å². The number of halogens is 1. The molecule has 1 aromatic carbocycles. The van der Waals surface area contributed by atoms with Gasteiger partial charge in [0, 0.05) is 11.1 Å². The Kier molecular flexibility index (Phi) is 4.54. The number of rotatable bonds is 3. The van der Waals surface area contributed by atoms with E-state index in [2.05, 4.69) is 11.4 Å². The summed E-state index contributed by atoms with van der Waals surface area (Å²) in [6.45, 7) is 0. The van der Waals surface area contributed by atoms with Gasteiger partial charge in [0.15, 0.2) is 0 Å². The Morgan fingerprint density at radius 2 is 1.81 bits per heavy atom. The van der Waals surface area contributed by atoms with Crippen molar-refractivity contribution in [1.82, 2.24) is 5.32 Å². The minimum atomic E-state index is -0.355. The van der Waals surface area contributed by atoms with Gasteiger partial charge in [0.1, 0.15) is 0 Å². The van der Waals surface area contributed by atoms with Gasteiger partial charge in [-0.3, -0.25) is 4.79 Å². The molecule has 0 spiro atoms. The predicted molar refractivity (Wildman–Crippen MR) is 86.6 cm³/mol. The zero-order chi connectivity index (χ0) is 14.7. The standard InChI is InChI=1S/C18H24ClNO/c19-15-8-6-7-14(13-15)18(11-4-1-5-12-18)17(21)20-16-9-2-3-10-16/h6-8,13,16H,1-5,9-12H2,(H,20,21). The molecule has 0 atom stereocenters. The fraction of sp³-hybridized carbons (Fsp3) is 0.611. The lowest BCUT2D eigenvalue weighted by molar-refractivity contribution is -0.128. The second-order valence-corrected chi connectivity index (χ2v) is 7.04. The number of nitrogens with one attached hydrogen (secondary N) is 1. The van der Waals surface area contributed by atoms with Gasteiger partial charge in [-0.15, -0.1) is 0 Å². The summed E-state index contributed by atoms with van der Waals surface area (Å²) in [7, 11) is 0. The highest BCUT2D eigenvalue weighted by Gasteiger charge is 2.41. The summed E-state index contributed by atoms with van der Waals surface area (Å²) in [6.07, 6.45) is 10.2. The van der Waals surface area contributed by atoms with Crippen LogP contribution in [0.4, 0.5) is 0 Å². The van der Waals surface area contributed by atoms with Crippen molar-refractivity contribution >= 4 is 17.5 Å². The Bertz CT molecular complexity index is 502. The largest absolute Gasteiger partial charge is 0.353 e. The van der Waals surface area contributed by atoms with Crippen LogP contribution in [-0.4, -0.2) is 11.9 Å². The van der Waals surface area contributed by atoms with Crippen molar-refractivity contribution in [3.05, 3.63) is 34.9 Å². The van der Waals surface area contributed by atoms with Gasteiger partial charge in [-0.2, -0.15) is 0 Å². The highest BCUT2D eigenvalue weighted by atomic mass is 35.5. The van der Waals surface area contributed by atoms with E-state index in [1.54, 1.807) is 0 Å². The molecule has 2 fully saturated rings. The van der Waals surface area contributed by atoms with Crippen LogP contribution >= 0.6 is 11.6 Å². The normalized spacial score (nSPS) is 22.1. The number of carbonyl (C=O) groups is 1. The van der Waals surface area contributed by atoms with Crippen LogP contribution in [0.15, 0.2) is 24.3 Å². The summed E-state index contributed by atoms with van der Waals surface area (Å²) < 4.78 is 0. The first-order valence-corrected chi connectivity index (χ1v) is 8.65. The summed E-state index contributed by atoms with van der Waals surface area (Å²) >= 11 is 6.17. The van der Waals surface area contributed by atoms with Crippen LogP contribution in [0.5, 0.6) is 0 Å². The molecule has 2 nitrogen and oxygen atoms in total. The quantitative estimate of drug-likeness (QED) is 0.868. The number of hydrogen-bond donors (Lipinski definition) is 1. The van der Waals surface area contributed by atoms with Crippen molar-refractivity contribution in [2.75, 3.05) is 0 Å². The maximum absolute atomic E-state index is 13.0. The van der Waals surface area contributed by atoms with Gasteiger partial charge in [-0.05, 0) is 43.4 Å². The van der Waals surface area contributed by atoms with Gasteiger partial charge in [-0.25, -0.2) is 0 Å². The number of carbonyl (C=O) groups excluding carboxylic acids is 1. The molecule has 0 bridgehead atoms. The molecular weight excluding hydrogens is 282 g/mol. The van der Waals surface area contributed by atoms with Gasteiger partial charge in [0.05, 0.1) is 5.41 Å². The molecular formula is C18H24ClNO. The third-order valence-corrected chi connectivity index (χ3v) is 5.44. The topological polar surface area (TPSA) is 29.1 Å². The molecule has 2 aliphatic carbocycles. The number of hydrogen-bond acceptors (Lipinski definition) is 1. The summed E-state index contributed by atoms with van der Waals surface area (Å²) in [6, 6.07) is 8.30. The lowest BCUT2D eigenvalue weighted by atomic mass is 9.68. The van der Waals surface area contributed by atoms with Gasteiger partial charge in [0.25, 0.3) is 0 Å². The lowest BCUT2D eigenvalue weighted by Gasteiger charge is -2.37. The average molecular weight is 306 g/mol. The zero-order valence-corrected chi connectivity index (χ0v) is 13.3. The third-order valence-electron chi connectivity index (χ3n) is 5.21. The Labute approximate surface area is 132 Å². The minimum Gasteiger partial charge on any atom is -0.353 e. The van der Waals surface area contributed by atoms with Crippen LogP contribution in [0.3, 0.4) is 0 Å². The summed E-state index contributed by atoms with van der Waals surface area (Å²) in [5.74, 6) is 0.233. The van der Waals surface area contributed by atoms with E-state index in [9.17, 15) is 4.79 Å². The molecule has 21 heavy (non-hydrogen) atoms. The summed E-state index contributed by atoms with van der Waals surface area (Å²) in [4.78, 5) is 13.0. The van der Waals surface area contributed by atoms with E-state index in [0.29, 0.717) is 6.04 Å². The Hall–Kier alpha value is -1.02. The molecule has 0 saturated heterocycles. The molecule has 1 N–H and O–H groups in total. The number of amides is 1. The van der Waals surface area contributed by atoms with Crippen molar-refractivity contribution in [3.8, 4) is 0 Å². The molecule has 1 amide bonds. The zero-order valence-electron chi connectivity index (χ0n) is 12.5. The molecule has 2 saturated carbocycles. The van der Waals surface area contributed by atoms with Crippen molar-refractivity contribution in [2.24, 2.45) is 0 Å². The maximum atomic E-state index is 13.0. The molecule has 3 heteroatoms. The lowest BCUT2D eigenvalue weighted by Crippen LogP contribution is -2.48. The van der Waals surface area contributed by atoms with E-state index in [0.717, 1.165) is 49.1 Å². The molecule has 3 rings (SSSR count). The monoisotopic (exact) mass is 305 g/mol. The van der Waals surface area contributed by atoms with Crippen molar-refractivity contribution in [2.45, 2.75) is 69.2 Å². The first-order valence-electron chi connectivity index (χ1n) is 8.28. The fourth-order valence-corrected chi connectivity index (χ4v) is 4.17. The second-order valence-electron chi connectivity index (χ2n) is 6.61. The molecule has 1 aromatic rings. The Morgan fingerprint density at radius 3 is 2.48 bits per heavy atom.